The number of rotatable bonds is 5. The molecule has 1 atom stereocenters. The van der Waals surface area contributed by atoms with Gasteiger partial charge in [0.25, 0.3) is 0 Å². The number of aliphatic carboxylic acids is 1. The van der Waals surface area contributed by atoms with Crippen LogP contribution in [0.3, 0.4) is 0 Å². The number of carboxylic acids is 1. The standard InChI is InChI=1S/C16H25NO2/c1-11-7-8-14(9-12(11)2)13(3)17(6)16(4,5)10-15(18)19/h7-9,13H,10H2,1-6H3,(H,18,19). The first-order valence-corrected chi connectivity index (χ1v) is 6.67. The zero-order chi connectivity index (χ0) is 14.8. The van der Waals surface area contributed by atoms with Gasteiger partial charge in [-0.1, -0.05) is 18.2 Å². The van der Waals surface area contributed by atoms with Crippen LogP contribution in [0.25, 0.3) is 0 Å². The molecule has 1 N–H and O–H groups in total. The Hall–Kier alpha value is -1.35. The molecule has 1 aromatic carbocycles. The summed E-state index contributed by atoms with van der Waals surface area (Å²) in [4.78, 5) is 13.1. The number of carboxylic acid groups (broad SMARTS) is 1. The van der Waals surface area contributed by atoms with Gasteiger partial charge in [-0.3, -0.25) is 9.69 Å². The van der Waals surface area contributed by atoms with Crippen LogP contribution in [-0.2, 0) is 4.79 Å². The summed E-state index contributed by atoms with van der Waals surface area (Å²) in [7, 11) is 1.99. The van der Waals surface area contributed by atoms with Gasteiger partial charge in [-0.05, 0) is 58.4 Å². The Balaban J connectivity index is 2.95. The van der Waals surface area contributed by atoms with Crippen LogP contribution >= 0.6 is 0 Å². The number of hydrogen-bond donors (Lipinski definition) is 1. The van der Waals surface area contributed by atoms with Gasteiger partial charge in [0.05, 0.1) is 6.42 Å². The van der Waals surface area contributed by atoms with Crippen molar-refractivity contribution in [3.8, 4) is 0 Å². The van der Waals surface area contributed by atoms with Crippen LogP contribution in [0.4, 0.5) is 0 Å². The molecule has 0 heterocycles. The molecule has 3 heteroatoms. The smallest absolute Gasteiger partial charge is 0.305 e. The van der Waals surface area contributed by atoms with E-state index in [4.69, 9.17) is 5.11 Å². The maximum absolute atomic E-state index is 11.0. The number of aryl methyl sites for hydroxylation is 2. The molecule has 0 spiro atoms. The summed E-state index contributed by atoms with van der Waals surface area (Å²) in [6, 6.07) is 6.63. The summed E-state index contributed by atoms with van der Waals surface area (Å²) < 4.78 is 0. The summed E-state index contributed by atoms with van der Waals surface area (Å²) in [6.07, 6.45) is 0.138. The van der Waals surface area contributed by atoms with Crippen LogP contribution in [0, 0.1) is 13.8 Å². The predicted molar refractivity (Wildman–Crippen MR) is 78.4 cm³/mol. The molecule has 0 bridgehead atoms. The van der Waals surface area contributed by atoms with E-state index in [2.05, 4.69) is 43.9 Å². The van der Waals surface area contributed by atoms with E-state index in [-0.39, 0.29) is 18.0 Å². The Labute approximate surface area is 116 Å². The highest BCUT2D eigenvalue weighted by atomic mass is 16.4. The third-order valence-electron chi connectivity index (χ3n) is 4.13. The zero-order valence-electron chi connectivity index (χ0n) is 12.8. The first-order valence-electron chi connectivity index (χ1n) is 6.67. The lowest BCUT2D eigenvalue weighted by Gasteiger charge is -2.39. The quantitative estimate of drug-likeness (QED) is 0.883. The molecule has 1 aromatic rings. The minimum atomic E-state index is -0.760. The Bertz CT molecular complexity index is 466. The second-order valence-electron chi connectivity index (χ2n) is 6.01. The third-order valence-corrected chi connectivity index (χ3v) is 4.13. The predicted octanol–water partition coefficient (Wildman–Crippen LogP) is 3.55. The third kappa shape index (κ3) is 3.80. The van der Waals surface area contributed by atoms with Crippen molar-refractivity contribution in [1.82, 2.24) is 4.90 Å². The van der Waals surface area contributed by atoms with E-state index >= 15 is 0 Å². The molecular formula is C16H25NO2. The number of nitrogens with zero attached hydrogens (tertiary/aromatic N) is 1. The second-order valence-corrected chi connectivity index (χ2v) is 6.01. The highest BCUT2D eigenvalue weighted by Crippen LogP contribution is 2.29. The minimum Gasteiger partial charge on any atom is -0.481 e. The van der Waals surface area contributed by atoms with Gasteiger partial charge in [-0.25, -0.2) is 0 Å². The Morgan fingerprint density at radius 1 is 1.32 bits per heavy atom. The lowest BCUT2D eigenvalue weighted by Crippen LogP contribution is -2.44. The lowest BCUT2D eigenvalue weighted by atomic mass is 9.93. The van der Waals surface area contributed by atoms with Crippen molar-refractivity contribution in [1.29, 1.82) is 0 Å². The summed E-state index contributed by atoms with van der Waals surface area (Å²) in [5, 5.41) is 9.00. The molecule has 0 saturated carbocycles. The minimum absolute atomic E-state index is 0.138. The van der Waals surface area contributed by atoms with Crippen molar-refractivity contribution in [2.45, 2.75) is 52.6 Å². The van der Waals surface area contributed by atoms with E-state index in [1.165, 1.54) is 16.7 Å². The molecule has 3 nitrogen and oxygen atoms in total. The Morgan fingerprint density at radius 2 is 1.89 bits per heavy atom. The van der Waals surface area contributed by atoms with Gasteiger partial charge >= 0.3 is 5.97 Å². The van der Waals surface area contributed by atoms with Crippen LogP contribution in [0.5, 0.6) is 0 Å². The average Bonchev–Trinajstić information content (AvgIpc) is 2.29. The van der Waals surface area contributed by atoms with Crippen molar-refractivity contribution in [2.24, 2.45) is 0 Å². The van der Waals surface area contributed by atoms with Gasteiger partial charge in [0.1, 0.15) is 0 Å². The molecule has 0 radical (unpaired) electrons. The Morgan fingerprint density at radius 3 is 2.37 bits per heavy atom. The molecule has 1 unspecified atom stereocenters. The molecular weight excluding hydrogens is 238 g/mol. The van der Waals surface area contributed by atoms with Crippen molar-refractivity contribution in [3.63, 3.8) is 0 Å². The van der Waals surface area contributed by atoms with Gasteiger partial charge < -0.3 is 5.11 Å². The molecule has 106 valence electrons. The molecule has 19 heavy (non-hydrogen) atoms. The van der Waals surface area contributed by atoms with Gasteiger partial charge in [0.15, 0.2) is 0 Å². The zero-order valence-corrected chi connectivity index (χ0v) is 12.8. The fourth-order valence-corrected chi connectivity index (χ4v) is 2.27. The number of carbonyl (C=O) groups is 1. The monoisotopic (exact) mass is 263 g/mol. The van der Waals surface area contributed by atoms with Gasteiger partial charge in [-0.15, -0.1) is 0 Å². The lowest BCUT2D eigenvalue weighted by molar-refractivity contribution is -0.140. The van der Waals surface area contributed by atoms with Crippen LogP contribution < -0.4 is 0 Å². The largest absolute Gasteiger partial charge is 0.481 e. The first kappa shape index (κ1) is 15.7. The molecule has 0 amide bonds. The SMILES string of the molecule is Cc1ccc(C(C)N(C)C(C)(C)CC(=O)O)cc1C. The highest BCUT2D eigenvalue weighted by Gasteiger charge is 2.30. The van der Waals surface area contributed by atoms with Crippen LogP contribution in [0.15, 0.2) is 18.2 Å². The van der Waals surface area contributed by atoms with Crippen molar-refractivity contribution < 1.29 is 9.90 Å². The number of benzene rings is 1. The molecule has 0 fully saturated rings. The molecule has 0 aromatic heterocycles. The molecule has 0 aliphatic rings. The van der Waals surface area contributed by atoms with Crippen LogP contribution in [-0.4, -0.2) is 28.6 Å². The molecule has 0 saturated heterocycles. The van der Waals surface area contributed by atoms with Gasteiger partial charge in [-0.2, -0.15) is 0 Å². The topological polar surface area (TPSA) is 40.5 Å². The van der Waals surface area contributed by atoms with E-state index in [0.29, 0.717) is 0 Å². The highest BCUT2D eigenvalue weighted by molar-refractivity contribution is 5.68. The fourth-order valence-electron chi connectivity index (χ4n) is 2.27. The van der Waals surface area contributed by atoms with Crippen molar-refractivity contribution >= 4 is 5.97 Å². The summed E-state index contributed by atoms with van der Waals surface area (Å²) >= 11 is 0. The van der Waals surface area contributed by atoms with Gasteiger partial charge in [0, 0.05) is 11.6 Å². The number of hydrogen-bond acceptors (Lipinski definition) is 2. The Kier molecular flexibility index (Phi) is 4.75. The average molecular weight is 263 g/mol. The van der Waals surface area contributed by atoms with Crippen LogP contribution in [0.2, 0.25) is 0 Å². The van der Waals surface area contributed by atoms with Crippen LogP contribution in [0.1, 0.15) is 49.9 Å². The molecule has 0 aliphatic heterocycles. The van der Waals surface area contributed by atoms with E-state index in [9.17, 15) is 4.79 Å². The fraction of sp³-hybridized carbons (Fsp3) is 0.562. The summed E-state index contributed by atoms with van der Waals surface area (Å²) in [6.45, 7) is 10.3. The van der Waals surface area contributed by atoms with Crippen molar-refractivity contribution in [2.75, 3.05) is 7.05 Å². The van der Waals surface area contributed by atoms with E-state index < -0.39 is 5.97 Å². The maximum atomic E-state index is 11.0. The van der Waals surface area contributed by atoms with Crippen molar-refractivity contribution in [3.05, 3.63) is 34.9 Å². The van der Waals surface area contributed by atoms with E-state index in [0.717, 1.165) is 0 Å². The summed E-state index contributed by atoms with van der Waals surface area (Å²) in [5.74, 6) is -0.760. The van der Waals surface area contributed by atoms with Gasteiger partial charge in [0.2, 0.25) is 0 Å². The van der Waals surface area contributed by atoms with E-state index in [1.54, 1.807) is 0 Å². The molecule has 0 aliphatic carbocycles. The first-order chi connectivity index (χ1) is 8.65. The maximum Gasteiger partial charge on any atom is 0.305 e. The molecule has 1 rings (SSSR count). The second kappa shape index (κ2) is 5.74. The normalized spacial score (nSPS) is 13.6. The van der Waals surface area contributed by atoms with E-state index in [1.807, 2.05) is 20.9 Å². The summed E-state index contributed by atoms with van der Waals surface area (Å²) in [5.41, 5.74) is 3.41.